The average Bonchev–Trinajstić information content (AvgIpc) is 3.44. The lowest BCUT2D eigenvalue weighted by Gasteiger charge is -2.30. The van der Waals surface area contributed by atoms with Crippen LogP contribution in [0.3, 0.4) is 0 Å². The van der Waals surface area contributed by atoms with E-state index in [-0.39, 0.29) is 10.5 Å². The third kappa shape index (κ3) is 5.55. The molecule has 0 unspecified atom stereocenters. The van der Waals surface area contributed by atoms with Crippen molar-refractivity contribution >= 4 is 70.4 Å². The van der Waals surface area contributed by atoms with Gasteiger partial charge in [-0.3, -0.25) is 9.10 Å². The van der Waals surface area contributed by atoms with Crippen LogP contribution in [0.5, 0.6) is 5.75 Å². The first kappa shape index (κ1) is 28.1. The Morgan fingerprint density at radius 1 is 1.05 bits per heavy atom. The lowest BCUT2D eigenvalue weighted by Crippen LogP contribution is -2.35. The number of para-hydroxylation sites is 1. The number of rotatable bonds is 7. The molecular weight excluding hydrogens is 636 g/mol. The number of aryl methyl sites for hydroxylation is 1. The minimum atomic E-state index is -3.81. The molecule has 1 aromatic heterocycles. The summed E-state index contributed by atoms with van der Waals surface area (Å²) in [5.41, 5.74) is 3.48. The highest BCUT2D eigenvalue weighted by atomic mass is 79.9. The van der Waals surface area contributed by atoms with Gasteiger partial charge in [-0.2, -0.15) is 10.1 Å². The number of nitrogens with zero attached hydrogens (tertiary/aromatic N) is 4. The molecule has 0 N–H and O–H groups in total. The fourth-order valence-corrected chi connectivity index (χ4v) is 7.50. The second-order valence-electron chi connectivity index (χ2n) is 9.58. The van der Waals surface area contributed by atoms with Crippen LogP contribution in [-0.4, -0.2) is 39.2 Å². The summed E-state index contributed by atoms with van der Waals surface area (Å²) >= 11 is 4.73. The van der Waals surface area contributed by atoms with Crippen LogP contribution in [0.4, 0.5) is 10.8 Å². The number of hydrogen-bond donors (Lipinski definition) is 0. The zero-order chi connectivity index (χ0) is 29.3. The molecule has 0 spiro atoms. The van der Waals surface area contributed by atoms with Gasteiger partial charge < -0.3 is 4.74 Å². The number of anilines is 2. The predicted octanol–water partition coefficient (Wildman–Crippen LogP) is 6.89. The summed E-state index contributed by atoms with van der Waals surface area (Å²) < 4.78 is 35.8. The lowest BCUT2D eigenvalue weighted by molar-refractivity contribution is 0.0987. The van der Waals surface area contributed by atoms with Crippen molar-refractivity contribution in [2.24, 2.45) is 5.10 Å². The Balaban J connectivity index is 1.33. The number of halogens is 1. The number of sulfonamides is 1. The van der Waals surface area contributed by atoms with E-state index in [0.29, 0.717) is 28.6 Å². The predicted molar refractivity (Wildman–Crippen MR) is 170 cm³/mol. The lowest BCUT2D eigenvalue weighted by atomic mass is 10.0. The molecule has 1 amide bonds. The summed E-state index contributed by atoms with van der Waals surface area (Å²) in [5, 5.41) is 6.12. The fourth-order valence-electron chi connectivity index (χ4n) is 4.74. The Kier molecular flexibility index (Phi) is 7.80. The number of thiazole rings is 1. The highest BCUT2D eigenvalue weighted by Crippen LogP contribution is 2.34. The molecule has 1 aliphatic rings. The Hall–Kier alpha value is -4.06. The van der Waals surface area contributed by atoms with Crippen molar-refractivity contribution in [3.05, 3.63) is 112 Å². The maximum atomic E-state index is 13.8. The van der Waals surface area contributed by atoms with Crippen LogP contribution in [-0.2, 0) is 16.4 Å². The number of carbonyl (C=O) groups is 1. The van der Waals surface area contributed by atoms with Gasteiger partial charge in [-0.1, -0.05) is 57.6 Å². The second kappa shape index (κ2) is 11.7. The van der Waals surface area contributed by atoms with Crippen LogP contribution in [0.25, 0.3) is 10.2 Å². The monoisotopic (exact) mass is 660 g/mol. The highest BCUT2D eigenvalue weighted by Gasteiger charge is 2.29. The number of carbonyl (C=O) groups excluding carboxylic acids is 1. The van der Waals surface area contributed by atoms with Gasteiger partial charge in [0, 0.05) is 16.6 Å². The number of hydrogen-bond acceptors (Lipinski definition) is 7. The van der Waals surface area contributed by atoms with E-state index >= 15 is 0 Å². The minimum Gasteiger partial charge on any atom is -0.497 e. The molecule has 6 rings (SSSR count). The van der Waals surface area contributed by atoms with E-state index in [1.54, 1.807) is 13.3 Å². The average molecular weight is 662 g/mol. The smallest absolute Gasteiger partial charge is 0.280 e. The molecule has 0 bridgehead atoms. The molecule has 1 aliphatic heterocycles. The highest BCUT2D eigenvalue weighted by molar-refractivity contribution is 9.10. The molecular formula is C31H25BrN4O4S2. The van der Waals surface area contributed by atoms with Crippen molar-refractivity contribution in [3.8, 4) is 5.75 Å². The van der Waals surface area contributed by atoms with Crippen LogP contribution < -0.4 is 14.1 Å². The number of methoxy groups -OCH3 is 1. The first-order valence-corrected chi connectivity index (χ1v) is 16.2. The number of aromatic nitrogens is 1. The van der Waals surface area contributed by atoms with Gasteiger partial charge >= 0.3 is 0 Å². The van der Waals surface area contributed by atoms with Crippen LogP contribution in [0.15, 0.2) is 105 Å². The van der Waals surface area contributed by atoms with E-state index in [0.717, 1.165) is 33.1 Å². The minimum absolute atomic E-state index is 0.118. The first-order valence-electron chi connectivity index (χ1n) is 13.1. The van der Waals surface area contributed by atoms with Crippen LogP contribution >= 0.6 is 27.3 Å². The molecule has 212 valence electrons. The Bertz CT molecular complexity index is 1910. The van der Waals surface area contributed by atoms with Crippen molar-refractivity contribution in [2.75, 3.05) is 23.0 Å². The van der Waals surface area contributed by atoms with Crippen molar-refractivity contribution in [1.82, 2.24) is 4.98 Å². The number of fused-ring (bicyclic) bond motifs is 2. The second-order valence-corrected chi connectivity index (χ2v) is 13.4. The van der Waals surface area contributed by atoms with E-state index in [1.807, 2.05) is 66.7 Å². The van der Waals surface area contributed by atoms with Crippen LogP contribution in [0.2, 0.25) is 0 Å². The largest absolute Gasteiger partial charge is 0.497 e. The maximum absolute atomic E-state index is 13.8. The summed E-state index contributed by atoms with van der Waals surface area (Å²) in [5.74, 6) is 0.240. The molecule has 0 radical (unpaired) electrons. The number of benzene rings is 4. The standard InChI is InChI=1S/C31H25BrN4O4S2/c1-40-25-14-17-27-29(19-25)41-31(34-27)36(33-20-21-8-12-24(32)13-9-21)30(37)23-10-15-26(16-11-23)42(38,39)35-18-4-6-22-5-2-3-7-28(22)35/h2-3,5,7-17,19-20H,4,6,18H2,1H3/b33-20+. The van der Waals surface area contributed by atoms with Gasteiger partial charge in [0.15, 0.2) is 0 Å². The van der Waals surface area contributed by atoms with Gasteiger partial charge in [-0.05, 0) is 84.6 Å². The van der Waals surface area contributed by atoms with Crippen molar-refractivity contribution in [1.29, 1.82) is 0 Å². The van der Waals surface area contributed by atoms with Crippen molar-refractivity contribution in [3.63, 3.8) is 0 Å². The number of amides is 1. The van der Waals surface area contributed by atoms with Gasteiger partial charge in [0.2, 0.25) is 5.13 Å². The quantitative estimate of drug-likeness (QED) is 0.140. The molecule has 2 heterocycles. The molecule has 0 aliphatic carbocycles. The summed E-state index contributed by atoms with van der Waals surface area (Å²) in [6.45, 7) is 0.404. The van der Waals surface area contributed by atoms with E-state index in [1.165, 1.54) is 44.9 Å². The van der Waals surface area contributed by atoms with Crippen LogP contribution in [0.1, 0.15) is 27.9 Å². The third-order valence-corrected chi connectivity index (χ3v) is 10.3. The third-order valence-electron chi connectivity index (χ3n) is 6.91. The van der Waals surface area contributed by atoms with Crippen LogP contribution in [0, 0.1) is 0 Å². The molecule has 42 heavy (non-hydrogen) atoms. The normalized spacial score (nSPS) is 13.3. The number of hydrazone groups is 1. The van der Waals surface area contributed by atoms with E-state index in [2.05, 4.69) is 26.0 Å². The molecule has 4 aromatic carbocycles. The van der Waals surface area contributed by atoms with E-state index < -0.39 is 15.9 Å². The SMILES string of the molecule is COc1ccc2nc(N(/N=C/c3ccc(Br)cc3)C(=O)c3ccc(S(=O)(=O)N4CCCc5ccccc54)cc3)sc2c1. The molecule has 11 heteroatoms. The Morgan fingerprint density at radius 3 is 2.57 bits per heavy atom. The Morgan fingerprint density at radius 2 is 1.81 bits per heavy atom. The first-order chi connectivity index (χ1) is 20.3. The summed E-state index contributed by atoms with van der Waals surface area (Å²) in [6.07, 6.45) is 3.17. The maximum Gasteiger partial charge on any atom is 0.280 e. The summed E-state index contributed by atoms with van der Waals surface area (Å²) in [7, 11) is -2.22. The summed E-state index contributed by atoms with van der Waals surface area (Å²) in [6, 6.07) is 26.5. The molecule has 5 aromatic rings. The van der Waals surface area contributed by atoms with E-state index in [9.17, 15) is 13.2 Å². The zero-order valence-corrected chi connectivity index (χ0v) is 25.7. The molecule has 0 atom stereocenters. The fraction of sp³-hybridized carbons (Fsp3) is 0.129. The van der Waals surface area contributed by atoms with Gasteiger partial charge in [0.1, 0.15) is 5.75 Å². The molecule has 0 saturated heterocycles. The van der Waals surface area contributed by atoms with Gasteiger partial charge in [-0.25, -0.2) is 13.4 Å². The topological polar surface area (TPSA) is 92.2 Å². The summed E-state index contributed by atoms with van der Waals surface area (Å²) in [4.78, 5) is 18.6. The van der Waals surface area contributed by atoms with E-state index in [4.69, 9.17) is 4.74 Å². The van der Waals surface area contributed by atoms with Crippen molar-refractivity contribution < 1.29 is 17.9 Å². The molecule has 0 fully saturated rings. The van der Waals surface area contributed by atoms with Gasteiger partial charge in [0.25, 0.3) is 15.9 Å². The number of ether oxygens (including phenoxy) is 1. The van der Waals surface area contributed by atoms with Crippen molar-refractivity contribution in [2.45, 2.75) is 17.7 Å². The molecule has 8 nitrogen and oxygen atoms in total. The molecule has 0 saturated carbocycles. The Labute approximate surface area is 256 Å². The van der Waals surface area contributed by atoms with Gasteiger partial charge in [-0.15, -0.1) is 0 Å². The zero-order valence-electron chi connectivity index (χ0n) is 22.5. The van der Waals surface area contributed by atoms with Gasteiger partial charge in [0.05, 0.1) is 34.1 Å².